The van der Waals surface area contributed by atoms with Crippen LogP contribution in [0.15, 0.2) is 24.3 Å². The quantitative estimate of drug-likeness (QED) is 0.809. The van der Waals surface area contributed by atoms with Crippen molar-refractivity contribution in [3.05, 3.63) is 35.4 Å². The summed E-state index contributed by atoms with van der Waals surface area (Å²) in [6, 6.07) is 7.11. The third-order valence-electron chi connectivity index (χ3n) is 3.69. The minimum Gasteiger partial charge on any atom is -0.481 e. The van der Waals surface area contributed by atoms with E-state index >= 15 is 0 Å². The van der Waals surface area contributed by atoms with E-state index < -0.39 is 11.5 Å². The van der Waals surface area contributed by atoms with Crippen LogP contribution >= 0.6 is 0 Å². The molecule has 0 radical (unpaired) electrons. The van der Waals surface area contributed by atoms with Gasteiger partial charge in [0.2, 0.25) is 0 Å². The second kappa shape index (κ2) is 7.22. The fourth-order valence-electron chi connectivity index (χ4n) is 2.01. The fourth-order valence-corrected chi connectivity index (χ4v) is 2.01. The van der Waals surface area contributed by atoms with Gasteiger partial charge in [-0.1, -0.05) is 26.0 Å². The Morgan fingerprint density at radius 1 is 1.38 bits per heavy atom. The molecule has 0 heterocycles. The number of amides is 1. The highest BCUT2D eigenvalue weighted by Crippen LogP contribution is 2.21. The first kappa shape index (κ1) is 17.2. The van der Waals surface area contributed by atoms with Crippen LogP contribution in [0.4, 0.5) is 0 Å². The van der Waals surface area contributed by atoms with Crippen molar-refractivity contribution in [1.29, 1.82) is 0 Å². The summed E-state index contributed by atoms with van der Waals surface area (Å²) in [7, 11) is 1.59. The maximum absolute atomic E-state index is 12.4. The van der Waals surface area contributed by atoms with E-state index in [1.54, 1.807) is 32.2 Å². The zero-order valence-electron chi connectivity index (χ0n) is 13.0. The largest absolute Gasteiger partial charge is 0.481 e. The Morgan fingerprint density at radius 2 is 2.05 bits per heavy atom. The number of carbonyl (C=O) groups excluding carboxylic acids is 1. The molecule has 1 unspecified atom stereocenters. The molecule has 0 aliphatic carbocycles. The SMILES string of the molecule is COCc1cccc(C(=O)NC(C)(CC(=O)O)C(C)C)c1. The van der Waals surface area contributed by atoms with E-state index in [2.05, 4.69) is 5.32 Å². The van der Waals surface area contributed by atoms with Crippen LogP contribution < -0.4 is 5.32 Å². The van der Waals surface area contributed by atoms with Gasteiger partial charge in [-0.25, -0.2) is 0 Å². The van der Waals surface area contributed by atoms with Crippen molar-refractivity contribution in [2.45, 2.75) is 39.3 Å². The van der Waals surface area contributed by atoms with Crippen LogP contribution in [0, 0.1) is 5.92 Å². The van der Waals surface area contributed by atoms with Crippen LogP contribution in [0.2, 0.25) is 0 Å². The summed E-state index contributed by atoms with van der Waals surface area (Å²) in [5.74, 6) is -1.20. The predicted molar refractivity (Wildman–Crippen MR) is 80.1 cm³/mol. The molecule has 1 rings (SSSR count). The second-order valence-electron chi connectivity index (χ2n) is 5.73. The van der Waals surface area contributed by atoms with E-state index in [0.717, 1.165) is 5.56 Å². The van der Waals surface area contributed by atoms with Gasteiger partial charge in [-0.15, -0.1) is 0 Å². The minimum absolute atomic E-state index is 0.000271. The summed E-state index contributed by atoms with van der Waals surface area (Å²) in [5.41, 5.74) is 0.608. The standard InChI is InChI=1S/C16H23NO4/c1-11(2)16(3,9-14(18)19)17-15(20)13-7-5-6-12(8-13)10-21-4/h5-8,11H,9-10H2,1-4H3,(H,17,20)(H,18,19). The van der Waals surface area contributed by atoms with E-state index in [0.29, 0.717) is 12.2 Å². The van der Waals surface area contributed by atoms with E-state index in [9.17, 15) is 9.59 Å². The number of carboxylic acids is 1. The summed E-state index contributed by atoms with van der Waals surface area (Å²) < 4.78 is 5.04. The molecule has 5 nitrogen and oxygen atoms in total. The van der Waals surface area contributed by atoms with Crippen LogP contribution in [-0.4, -0.2) is 29.6 Å². The van der Waals surface area contributed by atoms with Gasteiger partial charge in [-0.2, -0.15) is 0 Å². The lowest BCUT2D eigenvalue weighted by atomic mass is 9.85. The number of rotatable bonds is 7. The molecule has 0 saturated carbocycles. The molecule has 1 amide bonds. The van der Waals surface area contributed by atoms with Crippen molar-refractivity contribution in [2.75, 3.05) is 7.11 Å². The first-order valence-electron chi connectivity index (χ1n) is 6.90. The average Bonchev–Trinajstić information content (AvgIpc) is 2.38. The molecule has 1 aromatic carbocycles. The number of aliphatic carboxylic acids is 1. The fraction of sp³-hybridized carbons (Fsp3) is 0.500. The highest BCUT2D eigenvalue weighted by atomic mass is 16.5. The number of hydrogen-bond acceptors (Lipinski definition) is 3. The minimum atomic E-state index is -0.931. The Balaban J connectivity index is 2.91. The molecule has 5 heteroatoms. The molecule has 21 heavy (non-hydrogen) atoms. The van der Waals surface area contributed by atoms with Crippen molar-refractivity contribution < 1.29 is 19.4 Å². The Hall–Kier alpha value is -1.88. The zero-order valence-corrected chi connectivity index (χ0v) is 13.0. The first-order valence-corrected chi connectivity index (χ1v) is 6.90. The van der Waals surface area contributed by atoms with Crippen LogP contribution in [0.3, 0.4) is 0 Å². The zero-order chi connectivity index (χ0) is 16.0. The van der Waals surface area contributed by atoms with E-state index in [4.69, 9.17) is 9.84 Å². The van der Waals surface area contributed by atoms with Gasteiger partial charge >= 0.3 is 5.97 Å². The van der Waals surface area contributed by atoms with Gasteiger partial charge in [0.15, 0.2) is 0 Å². The van der Waals surface area contributed by atoms with Gasteiger partial charge in [0.25, 0.3) is 5.91 Å². The van der Waals surface area contributed by atoms with E-state index in [-0.39, 0.29) is 18.2 Å². The third kappa shape index (κ3) is 4.86. The summed E-state index contributed by atoms with van der Waals surface area (Å²) in [6.07, 6.45) is -0.117. The molecule has 1 aromatic rings. The molecule has 0 spiro atoms. The number of carboxylic acid groups (broad SMARTS) is 1. The number of ether oxygens (including phenoxy) is 1. The topological polar surface area (TPSA) is 75.6 Å². The Bertz CT molecular complexity index is 513. The number of benzene rings is 1. The lowest BCUT2D eigenvalue weighted by Crippen LogP contribution is -2.51. The monoisotopic (exact) mass is 293 g/mol. The number of nitrogens with one attached hydrogen (secondary N) is 1. The molecule has 1 atom stereocenters. The van der Waals surface area contributed by atoms with Crippen LogP contribution in [0.5, 0.6) is 0 Å². The van der Waals surface area contributed by atoms with Gasteiger partial charge in [0.05, 0.1) is 18.6 Å². The van der Waals surface area contributed by atoms with Gasteiger partial charge in [-0.3, -0.25) is 9.59 Å². The van der Waals surface area contributed by atoms with E-state index in [1.807, 2.05) is 19.9 Å². The molecular formula is C16H23NO4. The van der Waals surface area contributed by atoms with Crippen LogP contribution in [0.25, 0.3) is 0 Å². The summed E-state index contributed by atoms with van der Waals surface area (Å²) in [5, 5.41) is 11.9. The molecular weight excluding hydrogens is 270 g/mol. The summed E-state index contributed by atoms with van der Waals surface area (Å²) in [4.78, 5) is 23.4. The molecule has 116 valence electrons. The van der Waals surface area contributed by atoms with Gasteiger partial charge in [0.1, 0.15) is 0 Å². The molecule has 2 N–H and O–H groups in total. The van der Waals surface area contributed by atoms with Crippen molar-refractivity contribution in [3.8, 4) is 0 Å². The Morgan fingerprint density at radius 3 is 2.57 bits per heavy atom. The maximum atomic E-state index is 12.4. The molecule has 0 saturated heterocycles. The van der Waals surface area contributed by atoms with E-state index in [1.165, 1.54) is 0 Å². The molecule has 0 aromatic heterocycles. The highest BCUT2D eigenvalue weighted by molar-refractivity contribution is 5.95. The van der Waals surface area contributed by atoms with Crippen LogP contribution in [-0.2, 0) is 16.1 Å². The molecule has 0 aliphatic rings. The average molecular weight is 293 g/mol. The van der Waals surface area contributed by atoms with Gasteiger partial charge in [0, 0.05) is 12.7 Å². The number of hydrogen-bond donors (Lipinski definition) is 2. The van der Waals surface area contributed by atoms with Crippen molar-refractivity contribution in [3.63, 3.8) is 0 Å². The second-order valence-corrected chi connectivity index (χ2v) is 5.73. The molecule has 0 fully saturated rings. The smallest absolute Gasteiger partial charge is 0.305 e. The first-order chi connectivity index (χ1) is 9.78. The normalized spacial score (nSPS) is 13.8. The highest BCUT2D eigenvalue weighted by Gasteiger charge is 2.33. The van der Waals surface area contributed by atoms with Gasteiger partial charge in [-0.05, 0) is 30.5 Å². The maximum Gasteiger partial charge on any atom is 0.305 e. The number of methoxy groups -OCH3 is 1. The predicted octanol–water partition coefficient (Wildman–Crippen LogP) is 2.45. The summed E-state index contributed by atoms with van der Waals surface area (Å²) >= 11 is 0. The third-order valence-corrected chi connectivity index (χ3v) is 3.69. The van der Waals surface area contributed by atoms with Crippen molar-refractivity contribution in [1.82, 2.24) is 5.32 Å². The van der Waals surface area contributed by atoms with Crippen molar-refractivity contribution in [2.24, 2.45) is 5.92 Å². The lowest BCUT2D eigenvalue weighted by Gasteiger charge is -2.33. The van der Waals surface area contributed by atoms with Gasteiger partial charge < -0.3 is 15.2 Å². The summed E-state index contributed by atoms with van der Waals surface area (Å²) in [6.45, 7) is 5.97. The molecule has 0 aliphatic heterocycles. The van der Waals surface area contributed by atoms with Crippen LogP contribution in [0.1, 0.15) is 43.1 Å². The Kier molecular flexibility index (Phi) is 5.90. The number of carbonyl (C=O) groups is 2. The molecule has 0 bridgehead atoms. The lowest BCUT2D eigenvalue weighted by molar-refractivity contribution is -0.138. The Labute approximate surface area is 125 Å². The van der Waals surface area contributed by atoms with Crippen molar-refractivity contribution >= 4 is 11.9 Å².